The first-order valence-electron chi connectivity index (χ1n) is 7.12. The van der Waals surface area contributed by atoms with E-state index in [9.17, 15) is 13.6 Å². The Morgan fingerprint density at radius 3 is 2.58 bits per heavy atom. The molecule has 0 aliphatic rings. The van der Waals surface area contributed by atoms with Crippen molar-refractivity contribution in [3.8, 4) is 11.3 Å². The number of rotatable bonds is 4. The molecule has 0 aliphatic carbocycles. The van der Waals surface area contributed by atoms with Crippen LogP contribution >= 0.6 is 11.3 Å². The predicted octanol–water partition coefficient (Wildman–Crippen LogP) is 3.71. The summed E-state index contributed by atoms with van der Waals surface area (Å²) in [6, 6.07) is 6.55. The summed E-state index contributed by atoms with van der Waals surface area (Å²) in [7, 11) is 0. The number of nitrogens with zero attached hydrogens (tertiary/aromatic N) is 2. The number of nitrogens with one attached hydrogen (secondary N) is 1. The minimum Gasteiger partial charge on any atom is -0.343 e. The standard InChI is InChI=1S/C17H13F2N3OS/c1-10(23)21-16(12-2-3-13(18)14(19)8-12)17-22-15(9-24-17)11-4-6-20-7-5-11/h2-9,16H,1H3,(H,21,23). The molecule has 122 valence electrons. The molecule has 0 bridgehead atoms. The Bertz CT molecular complexity index is 867. The normalized spacial score (nSPS) is 12.0. The fourth-order valence-electron chi connectivity index (χ4n) is 2.26. The van der Waals surface area contributed by atoms with Gasteiger partial charge in [0.15, 0.2) is 11.6 Å². The Morgan fingerprint density at radius 2 is 1.92 bits per heavy atom. The molecular weight excluding hydrogens is 332 g/mol. The second kappa shape index (κ2) is 6.84. The number of hydrogen-bond acceptors (Lipinski definition) is 4. The monoisotopic (exact) mass is 345 g/mol. The van der Waals surface area contributed by atoms with Crippen LogP contribution in [0, 0.1) is 11.6 Å². The number of carbonyl (C=O) groups excluding carboxylic acids is 1. The van der Waals surface area contributed by atoms with E-state index in [4.69, 9.17) is 0 Å². The van der Waals surface area contributed by atoms with Crippen LogP contribution in [-0.2, 0) is 4.79 Å². The van der Waals surface area contributed by atoms with Crippen LogP contribution in [0.15, 0.2) is 48.1 Å². The Hall–Kier alpha value is -2.67. The summed E-state index contributed by atoms with van der Waals surface area (Å²) in [5.74, 6) is -2.18. The molecule has 1 amide bonds. The van der Waals surface area contributed by atoms with E-state index < -0.39 is 17.7 Å². The number of thiazole rings is 1. The van der Waals surface area contributed by atoms with Crippen LogP contribution in [0.1, 0.15) is 23.5 Å². The maximum absolute atomic E-state index is 13.6. The highest BCUT2D eigenvalue weighted by Gasteiger charge is 2.20. The summed E-state index contributed by atoms with van der Waals surface area (Å²) in [5.41, 5.74) is 2.05. The molecule has 0 saturated carbocycles. The summed E-state index contributed by atoms with van der Waals surface area (Å²) in [6.45, 7) is 1.37. The first-order chi connectivity index (χ1) is 11.5. The molecule has 0 radical (unpaired) electrons. The minimum atomic E-state index is -0.964. The summed E-state index contributed by atoms with van der Waals surface area (Å²) in [5, 5.41) is 5.16. The van der Waals surface area contributed by atoms with E-state index in [2.05, 4.69) is 15.3 Å². The highest BCUT2D eigenvalue weighted by molar-refractivity contribution is 7.10. The molecule has 24 heavy (non-hydrogen) atoms. The van der Waals surface area contributed by atoms with Crippen LogP contribution in [0.3, 0.4) is 0 Å². The van der Waals surface area contributed by atoms with Crippen molar-refractivity contribution in [2.45, 2.75) is 13.0 Å². The van der Waals surface area contributed by atoms with Crippen molar-refractivity contribution in [1.29, 1.82) is 0 Å². The number of benzene rings is 1. The molecule has 1 aromatic carbocycles. The average Bonchev–Trinajstić information content (AvgIpc) is 3.06. The third-order valence-corrected chi connectivity index (χ3v) is 4.28. The zero-order chi connectivity index (χ0) is 17.1. The number of carbonyl (C=O) groups is 1. The molecule has 0 fully saturated rings. The first-order valence-corrected chi connectivity index (χ1v) is 8.00. The van der Waals surface area contributed by atoms with E-state index >= 15 is 0 Å². The second-order valence-electron chi connectivity index (χ2n) is 5.11. The number of amides is 1. The van der Waals surface area contributed by atoms with Gasteiger partial charge in [0.05, 0.1) is 5.69 Å². The van der Waals surface area contributed by atoms with Crippen LogP contribution in [0.5, 0.6) is 0 Å². The van der Waals surface area contributed by atoms with Crippen molar-refractivity contribution in [1.82, 2.24) is 15.3 Å². The fraction of sp³-hybridized carbons (Fsp3) is 0.118. The highest BCUT2D eigenvalue weighted by Crippen LogP contribution is 2.29. The molecule has 7 heteroatoms. The van der Waals surface area contributed by atoms with Gasteiger partial charge >= 0.3 is 0 Å². The maximum Gasteiger partial charge on any atom is 0.217 e. The zero-order valence-electron chi connectivity index (χ0n) is 12.7. The molecule has 0 saturated heterocycles. The molecule has 4 nitrogen and oxygen atoms in total. The van der Waals surface area contributed by atoms with Gasteiger partial charge < -0.3 is 5.32 Å². The van der Waals surface area contributed by atoms with Crippen LogP contribution in [0.25, 0.3) is 11.3 Å². The Morgan fingerprint density at radius 1 is 1.17 bits per heavy atom. The number of pyridine rings is 1. The van der Waals surface area contributed by atoms with Gasteiger partial charge in [-0.3, -0.25) is 9.78 Å². The lowest BCUT2D eigenvalue weighted by molar-refractivity contribution is -0.119. The zero-order valence-corrected chi connectivity index (χ0v) is 13.5. The Balaban J connectivity index is 1.99. The van der Waals surface area contributed by atoms with E-state index in [0.29, 0.717) is 10.6 Å². The molecule has 1 atom stereocenters. The van der Waals surface area contributed by atoms with Gasteiger partial charge in [0.25, 0.3) is 0 Å². The van der Waals surface area contributed by atoms with Gasteiger partial charge in [-0.05, 0) is 29.8 Å². The molecule has 1 unspecified atom stereocenters. The Kier molecular flexibility index (Phi) is 4.61. The van der Waals surface area contributed by atoms with E-state index in [-0.39, 0.29) is 5.91 Å². The van der Waals surface area contributed by atoms with E-state index in [1.165, 1.54) is 24.3 Å². The number of halogens is 2. The number of hydrogen-bond donors (Lipinski definition) is 1. The smallest absolute Gasteiger partial charge is 0.217 e. The van der Waals surface area contributed by atoms with Crippen LogP contribution in [0.2, 0.25) is 0 Å². The molecular formula is C17H13F2N3OS. The molecule has 0 aliphatic heterocycles. The van der Waals surface area contributed by atoms with Gasteiger partial charge in [0, 0.05) is 30.3 Å². The molecule has 3 aromatic rings. The third-order valence-electron chi connectivity index (χ3n) is 3.37. The van der Waals surface area contributed by atoms with E-state index in [1.807, 2.05) is 17.5 Å². The van der Waals surface area contributed by atoms with E-state index in [0.717, 1.165) is 23.4 Å². The SMILES string of the molecule is CC(=O)NC(c1ccc(F)c(F)c1)c1nc(-c2ccncc2)cs1. The van der Waals surface area contributed by atoms with Crippen LogP contribution in [-0.4, -0.2) is 15.9 Å². The highest BCUT2D eigenvalue weighted by atomic mass is 32.1. The predicted molar refractivity (Wildman–Crippen MR) is 87.4 cm³/mol. The van der Waals surface area contributed by atoms with Gasteiger partial charge in [-0.15, -0.1) is 11.3 Å². The van der Waals surface area contributed by atoms with Gasteiger partial charge in [-0.25, -0.2) is 13.8 Å². The summed E-state index contributed by atoms with van der Waals surface area (Å²) >= 11 is 1.34. The summed E-state index contributed by atoms with van der Waals surface area (Å²) in [6.07, 6.45) is 3.32. The van der Waals surface area contributed by atoms with Crippen molar-refractivity contribution in [2.24, 2.45) is 0 Å². The minimum absolute atomic E-state index is 0.287. The maximum atomic E-state index is 13.6. The van der Waals surface area contributed by atoms with Gasteiger partial charge in [-0.2, -0.15) is 0 Å². The third kappa shape index (κ3) is 3.46. The lowest BCUT2D eigenvalue weighted by Gasteiger charge is -2.16. The molecule has 0 spiro atoms. The van der Waals surface area contributed by atoms with Gasteiger partial charge in [-0.1, -0.05) is 6.07 Å². The first kappa shape index (κ1) is 16.2. The lowest BCUT2D eigenvalue weighted by atomic mass is 10.1. The topological polar surface area (TPSA) is 54.9 Å². The van der Waals surface area contributed by atoms with Crippen LogP contribution < -0.4 is 5.32 Å². The Labute approximate surface area is 141 Å². The van der Waals surface area contributed by atoms with Crippen molar-refractivity contribution in [3.05, 3.63) is 70.3 Å². The van der Waals surface area contributed by atoms with Gasteiger partial charge in [0.1, 0.15) is 11.0 Å². The van der Waals surface area contributed by atoms with E-state index in [1.54, 1.807) is 12.4 Å². The lowest BCUT2D eigenvalue weighted by Crippen LogP contribution is -2.27. The molecule has 1 N–H and O–H groups in total. The van der Waals surface area contributed by atoms with Crippen molar-refractivity contribution in [3.63, 3.8) is 0 Å². The van der Waals surface area contributed by atoms with Crippen molar-refractivity contribution in [2.75, 3.05) is 0 Å². The largest absolute Gasteiger partial charge is 0.343 e. The van der Waals surface area contributed by atoms with Crippen molar-refractivity contribution < 1.29 is 13.6 Å². The fourth-order valence-corrected chi connectivity index (χ4v) is 3.16. The number of aromatic nitrogens is 2. The molecule has 3 rings (SSSR count). The van der Waals surface area contributed by atoms with Crippen molar-refractivity contribution >= 4 is 17.2 Å². The quantitative estimate of drug-likeness (QED) is 0.784. The average molecular weight is 345 g/mol. The molecule has 2 aromatic heterocycles. The summed E-state index contributed by atoms with van der Waals surface area (Å²) in [4.78, 5) is 20.0. The second-order valence-corrected chi connectivity index (χ2v) is 6.00. The van der Waals surface area contributed by atoms with Crippen LogP contribution in [0.4, 0.5) is 8.78 Å². The summed E-state index contributed by atoms with van der Waals surface area (Å²) < 4.78 is 26.7. The van der Waals surface area contributed by atoms with Gasteiger partial charge in [0.2, 0.25) is 5.91 Å². The molecule has 2 heterocycles.